The molecule has 3 aromatic heterocycles. The molecule has 1 saturated carbocycles. The van der Waals surface area contributed by atoms with Crippen LogP contribution in [0.2, 0.25) is 0 Å². The number of aliphatic hydroxyl groups excluding tert-OH is 1. The van der Waals surface area contributed by atoms with Crippen molar-refractivity contribution in [3.63, 3.8) is 0 Å². The number of hydrogen-bond acceptors (Lipinski definition) is 8. The molecule has 13 heteroatoms. The van der Waals surface area contributed by atoms with E-state index in [0.29, 0.717) is 35.4 Å². The molecule has 2 saturated heterocycles. The lowest BCUT2D eigenvalue weighted by Crippen LogP contribution is -2.45. The van der Waals surface area contributed by atoms with Gasteiger partial charge in [-0.2, -0.15) is 18.3 Å². The summed E-state index contributed by atoms with van der Waals surface area (Å²) in [5.41, 5.74) is 0.780. The van der Waals surface area contributed by atoms with Crippen molar-refractivity contribution in [1.29, 1.82) is 0 Å². The zero-order chi connectivity index (χ0) is 31.6. The van der Waals surface area contributed by atoms with E-state index in [4.69, 9.17) is 0 Å². The lowest BCUT2D eigenvalue weighted by atomic mass is 9.91. The Kier molecular flexibility index (Phi) is 8.99. The van der Waals surface area contributed by atoms with E-state index in [1.807, 2.05) is 17.0 Å². The Labute approximate surface area is 259 Å². The molecular formula is C32H37F3N8O2. The van der Waals surface area contributed by atoms with Crippen molar-refractivity contribution in [3.05, 3.63) is 66.7 Å². The first-order valence-electron chi connectivity index (χ1n) is 15.4. The largest absolute Gasteiger partial charge is 0.416 e. The first kappa shape index (κ1) is 30.9. The van der Waals surface area contributed by atoms with Crippen molar-refractivity contribution in [1.82, 2.24) is 34.5 Å². The summed E-state index contributed by atoms with van der Waals surface area (Å²) in [6, 6.07) is 10.1. The number of nitrogens with one attached hydrogen (secondary N) is 1. The minimum absolute atomic E-state index is 0.00119. The number of rotatable bonds is 5. The first-order valence-corrected chi connectivity index (χ1v) is 15.4. The molecule has 2 N–H and O–H groups in total. The van der Waals surface area contributed by atoms with Crippen LogP contribution >= 0.6 is 0 Å². The van der Waals surface area contributed by atoms with E-state index in [2.05, 4.69) is 30.3 Å². The van der Waals surface area contributed by atoms with Crippen LogP contribution in [-0.2, 0) is 18.0 Å². The fourth-order valence-corrected chi connectivity index (χ4v) is 6.95. The molecule has 1 amide bonds. The fourth-order valence-electron chi connectivity index (χ4n) is 6.95. The average molecular weight is 623 g/mol. The molecule has 1 aliphatic carbocycles. The number of aromatic nitrogens is 5. The van der Waals surface area contributed by atoms with E-state index in [1.54, 1.807) is 37.9 Å². The van der Waals surface area contributed by atoms with Gasteiger partial charge in [-0.3, -0.25) is 19.4 Å². The molecule has 3 fully saturated rings. The molecule has 7 rings (SSSR count). The third-order valence-electron chi connectivity index (χ3n) is 9.15. The predicted octanol–water partition coefficient (Wildman–Crippen LogP) is 4.52. The van der Waals surface area contributed by atoms with Gasteiger partial charge < -0.3 is 15.3 Å². The van der Waals surface area contributed by atoms with E-state index in [0.717, 1.165) is 62.8 Å². The molecular weight excluding hydrogens is 585 g/mol. The van der Waals surface area contributed by atoms with Gasteiger partial charge in [0.2, 0.25) is 5.91 Å². The van der Waals surface area contributed by atoms with Gasteiger partial charge in [0.05, 0.1) is 23.7 Å². The van der Waals surface area contributed by atoms with Crippen LogP contribution in [0.15, 0.2) is 61.2 Å². The van der Waals surface area contributed by atoms with Gasteiger partial charge in [-0.1, -0.05) is 0 Å². The number of anilines is 1. The molecule has 0 bridgehead atoms. The Morgan fingerprint density at radius 2 is 1.73 bits per heavy atom. The van der Waals surface area contributed by atoms with Crippen molar-refractivity contribution >= 4 is 22.6 Å². The number of benzene rings is 1. The van der Waals surface area contributed by atoms with Crippen LogP contribution in [0.25, 0.3) is 22.3 Å². The number of carbonyl (C=O) groups is 1. The van der Waals surface area contributed by atoms with Crippen molar-refractivity contribution in [2.75, 3.05) is 25.0 Å². The summed E-state index contributed by atoms with van der Waals surface area (Å²) < 4.78 is 41.0. The second-order valence-corrected chi connectivity index (χ2v) is 11.9. The molecule has 3 aliphatic rings. The summed E-state index contributed by atoms with van der Waals surface area (Å²) in [6.07, 6.45) is 7.88. The highest BCUT2D eigenvalue weighted by Crippen LogP contribution is 2.37. The molecule has 2 unspecified atom stereocenters. The SMILES string of the molecule is Cn1nc(NCC(=O)N2CCC3C2CCN3C2CCC(O)CC2)c2cc(C(F)(F)F)ccc21.c1cnc(-c2cccnc2)nc1. The summed E-state index contributed by atoms with van der Waals surface area (Å²) in [6.45, 7) is 1.67. The first-order chi connectivity index (χ1) is 21.7. The van der Waals surface area contributed by atoms with Gasteiger partial charge in [0.1, 0.15) is 0 Å². The van der Waals surface area contributed by atoms with E-state index < -0.39 is 11.7 Å². The average Bonchev–Trinajstić information content (AvgIpc) is 3.75. The Bertz CT molecular complexity index is 1560. The van der Waals surface area contributed by atoms with Crippen molar-refractivity contribution in [3.8, 4) is 11.4 Å². The number of likely N-dealkylation sites (tertiary alicyclic amines) is 2. The molecule has 0 radical (unpaired) electrons. The fraction of sp³-hybridized carbons (Fsp3) is 0.469. The van der Waals surface area contributed by atoms with Gasteiger partial charge in [0.15, 0.2) is 11.6 Å². The van der Waals surface area contributed by atoms with E-state index >= 15 is 0 Å². The normalized spacial score (nSPS) is 23.4. The number of hydrogen-bond donors (Lipinski definition) is 2. The third kappa shape index (κ3) is 6.79. The number of fused-ring (bicyclic) bond motifs is 2. The summed E-state index contributed by atoms with van der Waals surface area (Å²) in [5.74, 6) is 0.955. The topological polar surface area (TPSA) is 112 Å². The summed E-state index contributed by atoms with van der Waals surface area (Å²) in [4.78, 5) is 29.7. The zero-order valence-electron chi connectivity index (χ0n) is 25.1. The van der Waals surface area contributed by atoms with Gasteiger partial charge >= 0.3 is 6.18 Å². The highest BCUT2D eigenvalue weighted by atomic mass is 19.4. The van der Waals surface area contributed by atoms with E-state index in [1.165, 1.54) is 10.7 Å². The van der Waals surface area contributed by atoms with Crippen LogP contribution in [0, 0.1) is 0 Å². The van der Waals surface area contributed by atoms with E-state index in [-0.39, 0.29) is 30.4 Å². The lowest BCUT2D eigenvalue weighted by molar-refractivity contribution is -0.137. The van der Waals surface area contributed by atoms with Crippen LogP contribution < -0.4 is 5.32 Å². The number of alkyl halides is 3. The highest BCUT2D eigenvalue weighted by Gasteiger charge is 2.46. The van der Waals surface area contributed by atoms with Gasteiger partial charge in [-0.05, 0) is 74.9 Å². The van der Waals surface area contributed by atoms with Crippen LogP contribution in [0.5, 0.6) is 0 Å². The number of aliphatic hydroxyl groups is 1. The van der Waals surface area contributed by atoms with Crippen LogP contribution in [0.3, 0.4) is 0 Å². The van der Waals surface area contributed by atoms with E-state index in [9.17, 15) is 23.1 Å². The van der Waals surface area contributed by atoms with Gasteiger partial charge in [0, 0.05) is 74.0 Å². The third-order valence-corrected chi connectivity index (χ3v) is 9.15. The Balaban J connectivity index is 0.000000248. The molecule has 238 valence electrons. The standard InChI is InChI=1S/C23H30F3N5O2.C9H7N3/c1-29-18-7-2-14(23(24,25)26)12-17(18)22(28-29)27-13-21(33)31-11-9-19-20(31)8-10-30(19)15-3-5-16(32)6-4-15;1-3-8(7-10-4-1)9-11-5-2-6-12-9/h2,7,12,15-16,19-20,32H,3-6,8-11,13H2,1H3,(H,27,28);1-7H. The highest BCUT2D eigenvalue weighted by molar-refractivity contribution is 5.92. The zero-order valence-corrected chi connectivity index (χ0v) is 25.1. The Morgan fingerprint density at radius 1 is 0.978 bits per heavy atom. The maximum atomic E-state index is 13.2. The molecule has 1 aromatic carbocycles. The quantitative estimate of drug-likeness (QED) is 0.334. The molecule has 0 spiro atoms. The van der Waals surface area contributed by atoms with Gasteiger partial charge in [-0.25, -0.2) is 9.97 Å². The Morgan fingerprint density at radius 3 is 2.44 bits per heavy atom. The second kappa shape index (κ2) is 13.1. The molecule has 5 heterocycles. The summed E-state index contributed by atoms with van der Waals surface area (Å²) in [7, 11) is 1.67. The predicted molar refractivity (Wildman–Crippen MR) is 163 cm³/mol. The summed E-state index contributed by atoms with van der Waals surface area (Å²) in [5, 5.41) is 17.4. The van der Waals surface area contributed by atoms with Crippen molar-refractivity contribution < 1.29 is 23.1 Å². The monoisotopic (exact) mass is 622 g/mol. The molecule has 10 nitrogen and oxygen atoms in total. The molecule has 2 atom stereocenters. The number of pyridine rings is 1. The molecule has 4 aromatic rings. The summed E-state index contributed by atoms with van der Waals surface area (Å²) >= 11 is 0. The second-order valence-electron chi connectivity index (χ2n) is 11.9. The number of aryl methyl sites for hydroxylation is 1. The van der Waals surface area contributed by atoms with Crippen LogP contribution in [0.4, 0.5) is 19.0 Å². The Hall–Kier alpha value is -4.10. The maximum Gasteiger partial charge on any atom is 0.416 e. The smallest absolute Gasteiger partial charge is 0.393 e. The van der Waals surface area contributed by atoms with Gasteiger partial charge in [0.25, 0.3) is 0 Å². The lowest BCUT2D eigenvalue weighted by Gasteiger charge is -2.36. The number of carbonyl (C=O) groups excluding carboxylic acids is 1. The van der Waals surface area contributed by atoms with Crippen LogP contribution in [0.1, 0.15) is 44.1 Å². The molecule has 2 aliphatic heterocycles. The maximum absolute atomic E-state index is 13.2. The number of nitrogens with zero attached hydrogens (tertiary/aromatic N) is 7. The molecule has 45 heavy (non-hydrogen) atoms. The number of amides is 1. The minimum Gasteiger partial charge on any atom is -0.393 e. The number of halogens is 3. The van der Waals surface area contributed by atoms with Crippen LogP contribution in [-0.4, -0.2) is 89.4 Å². The van der Waals surface area contributed by atoms with Crippen molar-refractivity contribution in [2.24, 2.45) is 7.05 Å². The van der Waals surface area contributed by atoms with Crippen molar-refractivity contribution in [2.45, 2.75) is 68.9 Å². The van der Waals surface area contributed by atoms with Gasteiger partial charge in [-0.15, -0.1) is 0 Å². The minimum atomic E-state index is -4.44.